The number of aryl methyl sites for hydroxylation is 1. The predicted octanol–water partition coefficient (Wildman–Crippen LogP) is 3.51. The molecule has 0 unspecified atom stereocenters. The zero-order chi connectivity index (χ0) is 16.4. The molecule has 0 saturated carbocycles. The van der Waals surface area contributed by atoms with Crippen LogP contribution in [0.4, 0.5) is 5.69 Å². The lowest BCUT2D eigenvalue weighted by atomic mass is 10.2. The number of hydrogen-bond donors (Lipinski definition) is 0. The number of para-hydroxylation sites is 1. The van der Waals surface area contributed by atoms with E-state index in [0.717, 1.165) is 16.9 Å². The number of hydrogen-bond acceptors (Lipinski definition) is 3. The number of amides is 1. The molecule has 1 amide bonds. The Morgan fingerprint density at radius 1 is 1.13 bits per heavy atom. The van der Waals surface area contributed by atoms with Crippen molar-refractivity contribution in [3.05, 3.63) is 71.3 Å². The monoisotopic (exact) mass is 326 g/mol. The lowest BCUT2D eigenvalue weighted by Crippen LogP contribution is -2.28. The number of carbonyl (C=O) groups is 1. The van der Waals surface area contributed by atoms with Crippen LogP contribution in [0, 0.1) is 6.92 Å². The average Bonchev–Trinajstić information content (AvgIpc) is 3.04. The van der Waals surface area contributed by atoms with E-state index in [1.54, 1.807) is 28.8 Å². The first-order chi connectivity index (χ1) is 11.1. The Morgan fingerprint density at radius 2 is 1.83 bits per heavy atom. The Morgan fingerprint density at radius 3 is 2.52 bits per heavy atom. The van der Waals surface area contributed by atoms with Gasteiger partial charge in [-0.3, -0.25) is 4.79 Å². The number of benzene rings is 2. The van der Waals surface area contributed by atoms with Crippen LogP contribution < -0.4 is 4.90 Å². The van der Waals surface area contributed by atoms with Crippen molar-refractivity contribution in [3.63, 3.8) is 0 Å². The summed E-state index contributed by atoms with van der Waals surface area (Å²) in [7, 11) is 1.72. The minimum Gasteiger partial charge on any atom is -0.308 e. The molecule has 0 bridgehead atoms. The van der Waals surface area contributed by atoms with Crippen molar-refractivity contribution in [3.8, 4) is 5.69 Å². The zero-order valence-electron chi connectivity index (χ0n) is 12.8. The number of carbonyl (C=O) groups excluding carboxylic acids is 1. The van der Waals surface area contributed by atoms with Crippen LogP contribution >= 0.6 is 11.6 Å². The minimum absolute atomic E-state index is 0.144. The largest absolute Gasteiger partial charge is 0.308 e. The van der Waals surface area contributed by atoms with Crippen molar-refractivity contribution in [2.75, 3.05) is 11.9 Å². The van der Waals surface area contributed by atoms with Gasteiger partial charge in [0, 0.05) is 17.8 Å². The van der Waals surface area contributed by atoms with Gasteiger partial charge in [-0.25, -0.2) is 9.67 Å². The van der Waals surface area contributed by atoms with Gasteiger partial charge in [-0.05, 0) is 42.8 Å². The molecule has 3 rings (SSSR count). The summed E-state index contributed by atoms with van der Waals surface area (Å²) >= 11 is 5.87. The molecular formula is C17H15ClN4O. The summed E-state index contributed by atoms with van der Waals surface area (Å²) in [5.74, 6) is -0.113. The van der Waals surface area contributed by atoms with E-state index in [1.165, 1.54) is 6.33 Å². The highest BCUT2D eigenvalue weighted by Crippen LogP contribution is 2.19. The first-order valence-electron chi connectivity index (χ1n) is 7.07. The molecule has 0 fully saturated rings. The minimum atomic E-state index is -0.257. The fraction of sp³-hybridized carbons (Fsp3) is 0.118. The van der Waals surface area contributed by atoms with Gasteiger partial charge in [0.1, 0.15) is 6.33 Å². The van der Waals surface area contributed by atoms with Gasteiger partial charge in [0.25, 0.3) is 5.91 Å². The van der Waals surface area contributed by atoms with Gasteiger partial charge in [-0.2, -0.15) is 0 Å². The van der Waals surface area contributed by atoms with Crippen molar-refractivity contribution < 1.29 is 4.79 Å². The van der Waals surface area contributed by atoms with Crippen molar-refractivity contribution in [1.29, 1.82) is 0 Å². The SMILES string of the molecule is Cc1ccccc1N(C)C(=O)c1ncn(-c2ccc(Cl)cc2)n1. The highest BCUT2D eigenvalue weighted by molar-refractivity contribution is 6.30. The van der Waals surface area contributed by atoms with Crippen LogP contribution in [0.5, 0.6) is 0 Å². The fourth-order valence-corrected chi connectivity index (χ4v) is 2.40. The molecule has 0 aliphatic carbocycles. The Balaban J connectivity index is 1.86. The Labute approximate surface area is 139 Å². The molecule has 0 aliphatic rings. The lowest BCUT2D eigenvalue weighted by molar-refractivity contribution is 0.0983. The molecule has 3 aromatic rings. The van der Waals surface area contributed by atoms with Crippen LogP contribution in [0.15, 0.2) is 54.9 Å². The number of nitrogens with zero attached hydrogens (tertiary/aromatic N) is 4. The molecule has 0 N–H and O–H groups in total. The van der Waals surface area contributed by atoms with E-state index < -0.39 is 0 Å². The molecule has 1 aromatic heterocycles. The van der Waals surface area contributed by atoms with E-state index in [1.807, 2.05) is 43.3 Å². The van der Waals surface area contributed by atoms with Gasteiger partial charge >= 0.3 is 0 Å². The van der Waals surface area contributed by atoms with Gasteiger partial charge in [0.05, 0.1) is 5.69 Å². The summed E-state index contributed by atoms with van der Waals surface area (Å²) in [6, 6.07) is 14.8. The number of aromatic nitrogens is 3. The average molecular weight is 327 g/mol. The van der Waals surface area contributed by atoms with Crippen LogP contribution in [0.1, 0.15) is 16.2 Å². The van der Waals surface area contributed by atoms with Gasteiger partial charge in [0.15, 0.2) is 0 Å². The molecule has 23 heavy (non-hydrogen) atoms. The van der Waals surface area contributed by atoms with Gasteiger partial charge in [-0.1, -0.05) is 29.8 Å². The quantitative estimate of drug-likeness (QED) is 0.740. The molecular weight excluding hydrogens is 312 g/mol. The first kappa shape index (κ1) is 15.2. The highest BCUT2D eigenvalue weighted by atomic mass is 35.5. The van der Waals surface area contributed by atoms with E-state index in [-0.39, 0.29) is 11.7 Å². The molecule has 0 saturated heterocycles. The Hall–Kier alpha value is -2.66. The Kier molecular flexibility index (Phi) is 4.12. The summed E-state index contributed by atoms with van der Waals surface area (Å²) in [4.78, 5) is 18.2. The van der Waals surface area contributed by atoms with Crippen molar-refractivity contribution in [2.24, 2.45) is 0 Å². The first-order valence-corrected chi connectivity index (χ1v) is 7.45. The maximum atomic E-state index is 12.6. The second kappa shape index (κ2) is 6.22. The predicted molar refractivity (Wildman–Crippen MR) is 90.3 cm³/mol. The third-order valence-corrected chi connectivity index (χ3v) is 3.81. The third kappa shape index (κ3) is 3.10. The van der Waals surface area contributed by atoms with E-state index >= 15 is 0 Å². The zero-order valence-corrected chi connectivity index (χ0v) is 13.5. The lowest BCUT2D eigenvalue weighted by Gasteiger charge is -2.17. The summed E-state index contributed by atoms with van der Waals surface area (Å²) in [5.41, 5.74) is 2.64. The van der Waals surface area contributed by atoms with Crippen LogP contribution in [-0.4, -0.2) is 27.7 Å². The van der Waals surface area contributed by atoms with Gasteiger partial charge in [0.2, 0.25) is 5.82 Å². The summed E-state index contributed by atoms with van der Waals surface area (Å²) in [6.07, 6.45) is 1.52. The summed E-state index contributed by atoms with van der Waals surface area (Å²) in [6.45, 7) is 1.96. The number of halogens is 1. The third-order valence-electron chi connectivity index (χ3n) is 3.56. The van der Waals surface area contributed by atoms with Gasteiger partial charge < -0.3 is 4.90 Å². The summed E-state index contributed by atoms with van der Waals surface area (Å²) < 4.78 is 1.55. The fourth-order valence-electron chi connectivity index (χ4n) is 2.28. The van der Waals surface area contributed by atoms with Gasteiger partial charge in [-0.15, -0.1) is 5.10 Å². The maximum Gasteiger partial charge on any atom is 0.297 e. The smallest absolute Gasteiger partial charge is 0.297 e. The Bertz CT molecular complexity index is 842. The molecule has 2 aromatic carbocycles. The van der Waals surface area contributed by atoms with Crippen LogP contribution in [0.3, 0.4) is 0 Å². The van der Waals surface area contributed by atoms with Crippen LogP contribution in [0.2, 0.25) is 5.02 Å². The molecule has 0 radical (unpaired) electrons. The van der Waals surface area contributed by atoms with Crippen LogP contribution in [0.25, 0.3) is 5.69 Å². The molecule has 6 heteroatoms. The molecule has 1 heterocycles. The number of anilines is 1. The van der Waals surface area contributed by atoms with E-state index in [4.69, 9.17) is 11.6 Å². The second-order valence-corrected chi connectivity index (χ2v) is 5.58. The van der Waals surface area contributed by atoms with Crippen molar-refractivity contribution in [2.45, 2.75) is 6.92 Å². The normalized spacial score (nSPS) is 10.6. The maximum absolute atomic E-state index is 12.6. The highest BCUT2D eigenvalue weighted by Gasteiger charge is 2.19. The van der Waals surface area contributed by atoms with E-state index in [9.17, 15) is 4.79 Å². The number of rotatable bonds is 3. The summed E-state index contributed by atoms with van der Waals surface area (Å²) in [5, 5.41) is 4.90. The molecule has 0 aliphatic heterocycles. The second-order valence-electron chi connectivity index (χ2n) is 5.14. The van der Waals surface area contributed by atoms with Crippen molar-refractivity contribution >= 4 is 23.2 Å². The molecule has 0 atom stereocenters. The molecule has 0 spiro atoms. The van der Waals surface area contributed by atoms with E-state index in [0.29, 0.717) is 5.02 Å². The molecule has 5 nitrogen and oxygen atoms in total. The van der Waals surface area contributed by atoms with Crippen molar-refractivity contribution in [1.82, 2.24) is 14.8 Å². The molecule has 116 valence electrons. The standard InChI is InChI=1S/C17H15ClN4O/c1-12-5-3-4-6-15(12)21(2)17(23)16-19-11-22(20-16)14-9-7-13(18)8-10-14/h3-11H,1-2H3. The topological polar surface area (TPSA) is 51.0 Å². The van der Waals surface area contributed by atoms with Crippen LogP contribution in [-0.2, 0) is 0 Å². The van der Waals surface area contributed by atoms with E-state index in [2.05, 4.69) is 10.1 Å².